The van der Waals surface area contributed by atoms with Gasteiger partial charge in [-0.25, -0.2) is 13.2 Å². The van der Waals surface area contributed by atoms with Gasteiger partial charge in [0.15, 0.2) is 0 Å². The summed E-state index contributed by atoms with van der Waals surface area (Å²) in [5, 5.41) is 12.4. The Morgan fingerprint density at radius 2 is 2.31 bits per heavy atom. The largest absolute Gasteiger partial charge is 0.396 e. The molecule has 1 aromatic heterocycles. The van der Waals surface area contributed by atoms with Crippen LogP contribution in [0.15, 0.2) is 11.0 Å². The molecule has 1 aromatic rings. The molecule has 1 atom stereocenters. The summed E-state index contributed by atoms with van der Waals surface area (Å²) in [7, 11) is 0. The first-order valence-corrected chi connectivity index (χ1v) is 8.54. The third kappa shape index (κ3) is 3.18. The molecule has 0 saturated carbocycles. The van der Waals surface area contributed by atoms with Gasteiger partial charge in [-0.3, -0.25) is 4.79 Å². The van der Waals surface area contributed by atoms with Gasteiger partial charge in [0.05, 0.1) is 18.1 Å². The number of halogens is 3. The van der Waals surface area contributed by atoms with Crippen LogP contribution in [0.1, 0.15) is 24.0 Å². The molecule has 0 aromatic carbocycles. The standard InChI is InChI=1S/C8H10F2IN2O2P/c9-7(10)6-5(2-1-3-14)4-12-13(16-11)8(6)15/h4,7,14,16H,1-3H2. The summed E-state index contributed by atoms with van der Waals surface area (Å²) in [4.78, 5) is 11.6. The molecule has 1 N–H and O–H groups in total. The van der Waals surface area contributed by atoms with Crippen LogP contribution < -0.4 is 5.56 Å². The van der Waals surface area contributed by atoms with Gasteiger partial charge in [-0.05, 0) is 40.4 Å². The minimum absolute atomic E-state index is 0.00298. The fourth-order valence-electron chi connectivity index (χ4n) is 1.26. The summed E-state index contributed by atoms with van der Waals surface area (Å²) in [6.45, 7) is -0.0974. The highest BCUT2D eigenvalue weighted by Crippen LogP contribution is 2.24. The minimum atomic E-state index is -2.80. The molecule has 1 rings (SSSR count). The molecule has 0 aliphatic carbocycles. The number of hydrogen-bond donors (Lipinski definition) is 1. The van der Waals surface area contributed by atoms with Gasteiger partial charge in [-0.2, -0.15) is 5.10 Å². The SMILES string of the molecule is O=c1c(C(F)F)c(CCCO)cnn1PI. The molecule has 0 aliphatic heterocycles. The molecule has 0 spiro atoms. The maximum atomic E-state index is 12.7. The fraction of sp³-hybridized carbons (Fsp3) is 0.500. The van der Waals surface area contributed by atoms with Gasteiger partial charge in [0, 0.05) is 6.61 Å². The van der Waals surface area contributed by atoms with Crippen LogP contribution in [0.4, 0.5) is 8.78 Å². The maximum absolute atomic E-state index is 12.7. The Kier molecular flexibility index (Phi) is 5.71. The molecule has 0 amide bonds. The molecule has 0 saturated heterocycles. The zero-order valence-electron chi connectivity index (χ0n) is 8.16. The number of aromatic nitrogens is 2. The van der Waals surface area contributed by atoms with E-state index in [0.717, 1.165) is 4.45 Å². The van der Waals surface area contributed by atoms with Gasteiger partial charge in [0.25, 0.3) is 12.0 Å². The van der Waals surface area contributed by atoms with E-state index in [0.29, 0.717) is 6.42 Å². The number of nitrogens with zero attached hydrogens (tertiary/aromatic N) is 2. The molecule has 0 bridgehead atoms. The van der Waals surface area contributed by atoms with E-state index in [4.69, 9.17) is 5.11 Å². The van der Waals surface area contributed by atoms with E-state index >= 15 is 0 Å². The summed E-state index contributed by atoms with van der Waals surface area (Å²) in [6, 6.07) is 0. The molecular formula is C8H10F2IN2O2P. The van der Waals surface area contributed by atoms with Crippen LogP contribution >= 0.6 is 28.4 Å². The van der Waals surface area contributed by atoms with Crippen LogP contribution in [-0.4, -0.2) is 21.3 Å². The second-order valence-corrected chi connectivity index (χ2v) is 5.05. The van der Waals surface area contributed by atoms with E-state index < -0.39 is 17.5 Å². The zero-order chi connectivity index (χ0) is 12.1. The molecule has 0 aliphatic rings. The molecule has 1 heterocycles. The van der Waals surface area contributed by atoms with Crippen molar-refractivity contribution in [1.82, 2.24) is 9.55 Å². The first-order chi connectivity index (χ1) is 7.61. The summed E-state index contributed by atoms with van der Waals surface area (Å²) in [5.41, 5.74) is -1.01. The lowest BCUT2D eigenvalue weighted by Gasteiger charge is -2.09. The molecule has 1 unspecified atom stereocenters. The maximum Gasteiger partial charge on any atom is 0.279 e. The molecule has 8 heteroatoms. The quantitative estimate of drug-likeness (QED) is 0.643. The van der Waals surface area contributed by atoms with Crippen LogP contribution in [0.25, 0.3) is 0 Å². The number of hydrogen-bond acceptors (Lipinski definition) is 3. The Morgan fingerprint density at radius 1 is 1.62 bits per heavy atom. The summed E-state index contributed by atoms with van der Waals surface area (Å²) >= 11 is 1.90. The second kappa shape index (κ2) is 6.56. The van der Waals surface area contributed by atoms with Crippen molar-refractivity contribution in [2.45, 2.75) is 19.3 Å². The Balaban J connectivity index is 3.18. The first kappa shape index (κ1) is 13.9. The van der Waals surface area contributed by atoms with E-state index in [1.54, 1.807) is 0 Å². The lowest BCUT2D eigenvalue weighted by Crippen LogP contribution is -2.23. The highest BCUT2D eigenvalue weighted by atomic mass is 127. The van der Waals surface area contributed by atoms with Crippen molar-refractivity contribution in [1.29, 1.82) is 0 Å². The number of aryl methyl sites for hydroxylation is 1. The molecule has 0 fully saturated rings. The second-order valence-electron chi connectivity index (χ2n) is 3.01. The predicted molar refractivity (Wildman–Crippen MR) is 66.6 cm³/mol. The van der Waals surface area contributed by atoms with Gasteiger partial charge < -0.3 is 5.11 Å². The highest BCUT2D eigenvalue weighted by molar-refractivity contribution is 14.2. The van der Waals surface area contributed by atoms with Crippen molar-refractivity contribution >= 4 is 28.4 Å². The van der Waals surface area contributed by atoms with Crippen LogP contribution in [0.3, 0.4) is 0 Å². The minimum Gasteiger partial charge on any atom is -0.396 e. The summed E-state index contributed by atoms with van der Waals surface area (Å²) in [6.07, 6.45) is -0.939. The predicted octanol–water partition coefficient (Wildman–Crippen LogP) is 1.90. The lowest BCUT2D eigenvalue weighted by atomic mass is 10.1. The highest BCUT2D eigenvalue weighted by Gasteiger charge is 2.19. The van der Waals surface area contributed by atoms with Gasteiger partial charge in [-0.1, -0.05) is 0 Å². The number of aliphatic hydroxyl groups is 1. The fourth-order valence-corrected chi connectivity index (χ4v) is 2.59. The molecular weight excluding hydrogens is 352 g/mol. The van der Waals surface area contributed by atoms with E-state index in [1.807, 2.05) is 22.0 Å². The average molecular weight is 362 g/mol. The monoisotopic (exact) mass is 362 g/mol. The van der Waals surface area contributed by atoms with Gasteiger partial charge in [0.2, 0.25) is 0 Å². The number of aliphatic hydroxyl groups excluding tert-OH is 1. The van der Waals surface area contributed by atoms with Gasteiger partial charge in [-0.15, -0.1) is 0 Å². The smallest absolute Gasteiger partial charge is 0.279 e. The topological polar surface area (TPSA) is 55.1 Å². The van der Waals surface area contributed by atoms with E-state index in [9.17, 15) is 13.6 Å². The summed E-state index contributed by atoms with van der Waals surface area (Å²) < 4.78 is 26.5. The van der Waals surface area contributed by atoms with Gasteiger partial charge >= 0.3 is 0 Å². The third-order valence-corrected chi connectivity index (χ3v) is 3.85. The van der Waals surface area contributed by atoms with Crippen molar-refractivity contribution < 1.29 is 13.9 Å². The van der Waals surface area contributed by atoms with E-state index in [-0.39, 0.29) is 25.0 Å². The van der Waals surface area contributed by atoms with E-state index in [2.05, 4.69) is 5.10 Å². The molecule has 4 nitrogen and oxygen atoms in total. The summed E-state index contributed by atoms with van der Waals surface area (Å²) in [5.74, 6) is 0. The average Bonchev–Trinajstić information content (AvgIpc) is 2.25. The molecule has 16 heavy (non-hydrogen) atoms. The third-order valence-electron chi connectivity index (χ3n) is 2.00. The van der Waals surface area contributed by atoms with Crippen LogP contribution in [-0.2, 0) is 6.42 Å². The van der Waals surface area contributed by atoms with Gasteiger partial charge in [0.1, 0.15) is 0 Å². The van der Waals surface area contributed by atoms with Crippen molar-refractivity contribution in [3.05, 3.63) is 27.7 Å². The normalized spacial score (nSPS) is 11.8. The van der Waals surface area contributed by atoms with Crippen LogP contribution in [0.2, 0.25) is 0 Å². The van der Waals surface area contributed by atoms with Crippen molar-refractivity contribution in [3.63, 3.8) is 0 Å². The Morgan fingerprint density at radius 3 is 2.81 bits per heavy atom. The van der Waals surface area contributed by atoms with Crippen molar-refractivity contribution in [2.75, 3.05) is 6.61 Å². The molecule has 0 radical (unpaired) electrons. The number of alkyl halides is 2. The van der Waals surface area contributed by atoms with E-state index in [1.165, 1.54) is 6.20 Å². The Hall–Kier alpha value is -0.140. The first-order valence-electron chi connectivity index (χ1n) is 4.48. The van der Waals surface area contributed by atoms with Crippen molar-refractivity contribution in [2.24, 2.45) is 0 Å². The Labute approximate surface area is 105 Å². The van der Waals surface area contributed by atoms with Crippen LogP contribution in [0, 0.1) is 0 Å². The lowest BCUT2D eigenvalue weighted by molar-refractivity contribution is 0.147. The number of rotatable bonds is 5. The van der Waals surface area contributed by atoms with Crippen LogP contribution in [0.5, 0.6) is 0 Å². The zero-order valence-corrected chi connectivity index (χ0v) is 11.3. The molecule has 90 valence electrons. The Bertz CT molecular complexity index is 414. The van der Waals surface area contributed by atoms with Crippen molar-refractivity contribution in [3.8, 4) is 0 Å².